The van der Waals surface area contributed by atoms with E-state index in [2.05, 4.69) is 57.1 Å². The van der Waals surface area contributed by atoms with Gasteiger partial charge in [0, 0.05) is 50.1 Å². The number of hydrogen-bond donors (Lipinski definition) is 8. The van der Waals surface area contributed by atoms with Crippen molar-refractivity contribution in [3.05, 3.63) is 93.6 Å². The third kappa shape index (κ3) is 22.8. The molecule has 37 heteroatoms. The average molecular weight is 1400 g/mol. The number of pyridine rings is 1. The van der Waals surface area contributed by atoms with Gasteiger partial charge in [-0.25, -0.2) is 23.8 Å². The summed E-state index contributed by atoms with van der Waals surface area (Å²) in [7, 11) is -2.94. The molecule has 1 aliphatic carbocycles. The summed E-state index contributed by atoms with van der Waals surface area (Å²) in [5.41, 5.74) is 1.34. The summed E-state index contributed by atoms with van der Waals surface area (Å²) in [6.07, 6.45) is 8.06. The Morgan fingerprint density at radius 2 is 1.51 bits per heavy atom. The quantitative estimate of drug-likeness (QED) is 0.0191. The molecule has 2 unspecified atom stereocenters. The second-order valence-corrected chi connectivity index (χ2v) is 24.6. The molecule has 2 atom stereocenters. The number of nitrogens with one attached hydrogen (secondary N) is 5. The van der Waals surface area contributed by atoms with Gasteiger partial charge in [0.2, 0.25) is 34.9 Å². The van der Waals surface area contributed by atoms with Crippen molar-refractivity contribution in [1.29, 1.82) is 0 Å². The van der Waals surface area contributed by atoms with E-state index in [4.69, 9.17) is 86.7 Å². The third-order valence-electron chi connectivity index (χ3n) is 11.8. The molecule has 5 aromatic rings. The zero-order valence-corrected chi connectivity index (χ0v) is 55.5. The fourth-order valence-electron chi connectivity index (χ4n) is 7.90. The Labute approximate surface area is 548 Å². The SMILES string of the molecule is C#CC(C)Oc1cc(N2C(=O)C3=C(CCCC3)C2=O)c(F)cc1Cl.CC1COc2ccccc2N1C(=O)C(Cl)Cl.CCNc1nc(Cl)nc(NC(C)C)n1.COc1cc(OC)nc(NC(=O)NS(=O)(=O)c2ncccc2C(=O)N(C)C)n1.O=C(O)CNCP(=O)(O)O. The number of methoxy groups -OCH3 is 2. The molecule has 30 nitrogen and oxygen atoms in total. The molecule has 3 aliphatic rings. The van der Waals surface area contributed by atoms with Crippen molar-refractivity contribution in [3.63, 3.8) is 0 Å². The largest absolute Gasteiger partial charge is 0.489 e. The number of aromatic nitrogens is 6. The number of nitrogens with zero attached hydrogens (tertiary/aromatic N) is 9. The van der Waals surface area contributed by atoms with Crippen molar-refractivity contribution in [2.75, 3.05) is 80.0 Å². The molecule has 8 N–H and O–H groups in total. The molecule has 0 fully saturated rings. The molecular formula is C55H66Cl4FN14O16PS. The summed E-state index contributed by atoms with van der Waals surface area (Å²) >= 11 is 23.0. The van der Waals surface area contributed by atoms with E-state index in [1.807, 2.05) is 52.0 Å². The van der Waals surface area contributed by atoms with Crippen molar-refractivity contribution >= 4 is 129 Å². The Kier molecular flexibility index (Phi) is 29.4. The number of alkyl halides is 2. The lowest BCUT2D eigenvalue weighted by atomic mass is 9.93. The minimum atomic E-state index is -4.46. The first-order chi connectivity index (χ1) is 43.2. The fraction of sp³-hybridized carbons (Fsp3) is 0.382. The topological polar surface area (TPSA) is 398 Å². The Balaban J connectivity index is 0.000000256. The number of urea groups is 1. The van der Waals surface area contributed by atoms with Gasteiger partial charge in [-0.15, -0.1) is 6.42 Å². The van der Waals surface area contributed by atoms with E-state index in [9.17, 15) is 46.1 Å². The molecule has 2 aliphatic heterocycles. The first-order valence-corrected chi connectivity index (χ1v) is 32.1. The predicted octanol–water partition coefficient (Wildman–Crippen LogP) is 6.90. The monoisotopic (exact) mass is 1400 g/mol. The number of carbonyl (C=O) groups is 6. The van der Waals surface area contributed by atoms with E-state index in [-0.39, 0.29) is 63.0 Å². The van der Waals surface area contributed by atoms with Crippen LogP contribution in [0.1, 0.15) is 70.7 Å². The van der Waals surface area contributed by atoms with Crippen molar-refractivity contribution < 1.29 is 80.0 Å². The van der Waals surface area contributed by atoms with Crippen LogP contribution in [0.15, 0.2) is 77.0 Å². The molecule has 5 heterocycles. The number of benzene rings is 2. The van der Waals surface area contributed by atoms with Crippen LogP contribution in [0, 0.1) is 18.2 Å². The summed E-state index contributed by atoms with van der Waals surface area (Å²) in [6, 6.07) is 12.7. The lowest BCUT2D eigenvalue weighted by Crippen LogP contribution is -2.47. The maximum Gasteiger partial charge on any atom is 0.339 e. The third-order valence-corrected chi connectivity index (χ3v) is 14.6. The molecule has 0 radical (unpaired) electrons. The minimum Gasteiger partial charge on any atom is -0.489 e. The summed E-state index contributed by atoms with van der Waals surface area (Å²) < 4.78 is 72.1. The Morgan fingerprint density at radius 1 is 0.902 bits per heavy atom. The van der Waals surface area contributed by atoms with Gasteiger partial charge in [-0.1, -0.05) is 52.9 Å². The zero-order valence-electron chi connectivity index (χ0n) is 50.7. The summed E-state index contributed by atoms with van der Waals surface area (Å²) in [4.78, 5) is 113. The van der Waals surface area contributed by atoms with Crippen LogP contribution >= 0.6 is 54.0 Å². The molecule has 3 aromatic heterocycles. The van der Waals surface area contributed by atoms with E-state index < -0.39 is 82.0 Å². The number of halogens is 5. The van der Waals surface area contributed by atoms with Crippen LogP contribution < -0.4 is 54.7 Å². The molecule has 0 spiro atoms. The van der Waals surface area contributed by atoms with Crippen molar-refractivity contribution in [3.8, 4) is 35.6 Å². The van der Waals surface area contributed by atoms with Crippen LogP contribution in [0.5, 0.6) is 23.3 Å². The highest BCUT2D eigenvalue weighted by atomic mass is 35.5. The first-order valence-electron chi connectivity index (χ1n) is 27.2. The van der Waals surface area contributed by atoms with E-state index in [1.54, 1.807) is 16.5 Å². The molecule has 0 saturated heterocycles. The van der Waals surface area contributed by atoms with Crippen LogP contribution in [-0.4, -0.2) is 171 Å². The average Bonchev–Trinajstić information content (AvgIpc) is 1.58. The summed E-state index contributed by atoms with van der Waals surface area (Å²) in [5.74, 6) is 0.364. The van der Waals surface area contributed by atoms with Gasteiger partial charge in [0.25, 0.3) is 33.7 Å². The standard InChI is InChI=1S/C18H15ClFNO3.C15H18N6O6S.C11H11Cl2NO2.C8H14ClN5.C3H8NO5P/c1-3-10(2)24-16-9-15(14(20)8-13(16)19)21-17(22)11-6-4-5-7-12(11)18(21)23;1-21(2)13(22)9-6-5-7-16-12(9)28(24,25)20-15(23)19-14-17-10(26-3)8-11(18-14)27-4;1-7-6-16-9-5-3-2-4-8(9)14(7)11(15)10(12)13;1-4-10-7-12-6(9)13-8(14-7)11-5(2)3;5-3(6)1-4-2-10(7,8)9/h1,8-10H,4-7H2,2H3;5-8H,1-4H3,(H2,17,18,19,20,23);2-5,7,10H,6H2,1H3;5H,4H2,1-3H3,(H2,10,11,12,13,14);4H,1-2H2,(H,5,6)(H2,7,8,9). The molecule has 8 rings (SSSR count). The van der Waals surface area contributed by atoms with Crippen LogP contribution in [0.4, 0.5) is 38.4 Å². The number of imide groups is 1. The van der Waals surface area contributed by atoms with Gasteiger partial charge in [-0.3, -0.25) is 39.2 Å². The molecular weight excluding hydrogens is 1340 g/mol. The van der Waals surface area contributed by atoms with E-state index in [0.29, 0.717) is 48.2 Å². The highest BCUT2D eigenvalue weighted by Crippen LogP contribution is 2.40. The second-order valence-electron chi connectivity index (χ2n) is 19.5. The van der Waals surface area contributed by atoms with Gasteiger partial charge < -0.3 is 54.3 Å². The zero-order chi connectivity index (χ0) is 68.8. The van der Waals surface area contributed by atoms with E-state index in [1.165, 1.54) is 63.7 Å². The number of carbonyl (C=O) groups excluding carboxylic acids is 5. The number of rotatable bonds is 18. The van der Waals surface area contributed by atoms with Crippen LogP contribution in [0.3, 0.4) is 0 Å². The number of terminal acetylenes is 1. The lowest BCUT2D eigenvalue weighted by Gasteiger charge is -2.35. The second kappa shape index (κ2) is 35.5. The predicted molar refractivity (Wildman–Crippen MR) is 340 cm³/mol. The molecule has 498 valence electrons. The van der Waals surface area contributed by atoms with E-state index >= 15 is 0 Å². The summed E-state index contributed by atoms with van der Waals surface area (Å²) in [6.45, 7) is 10.3. The van der Waals surface area contributed by atoms with Crippen molar-refractivity contribution in [2.45, 2.75) is 88.4 Å². The highest BCUT2D eigenvalue weighted by molar-refractivity contribution is 7.90. The Morgan fingerprint density at radius 3 is 2.05 bits per heavy atom. The van der Waals surface area contributed by atoms with Crippen molar-refractivity contribution in [2.24, 2.45) is 0 Å². The molecule has 6 amide bonds. The lowest BCUT2D eigenvalue weighted by molar-refractivity contribution is -0.136. The number of carboxylic acids is 1. The van der Waals surface area contributed by atoms with Gasteiger partial charge in [0.15, 0.2) is 16.0 Å². The van der Waals surface area contributed by atoms with Gasteiger partial charge in [0.1, 0.15) is 23.9 Å². The number of para-hydroxylation sites is 2. The number of amides is 6. The van der Waals surface area contributed by atoms with Gasteiger partial charge in [-0.2, -0.15) is 33.3 Å². The van der Waals surface area contributed by atoms with E-state index in [0.717, 1.165) is 36.0 Å². The number of aliphatic carboxylic acids is 1. The van der Waals surface area contributed by atoms with Gasteiger partial charge in [-0.05, 0) is 102 Å². The number of hydrogen-bond acceptors (Lipinski definition) is 22. The highest BCUT2D eigenvalue weighted by Gasteiger charge is 2.41. The number of ether oxygens (including phenoxy) is 4. The number of carboxylic acid groups (broad SMARTS) is 1. The molecule has 0 saturated carbocycles. The normalized spacial score (nSPS) is 14.2. The maximum atomic E-state index is 14.4. The molecule has 2 aromatic carbocycles. The smallest absolute Gasteiger partial charge is 0.339 e. The van der Waals surface area contributed by atoms with Gasteiger partial charge in [0.05, 0.1) is 61.1 Å². The minimum absolute atomic E-state index is 0.0233. The maximum absolute atomic E-state index is 14.4. The Bertz CT molecular complexity index is 3670. The fourth-order valence-corrected chi connectivity index (χ4v) is 9.90. The van der Waals surface area contributed by atoms with Crippen LogP contribution in [0.25, 0.3) is 0 Å². The number of anilines is 5. The molecule has 0 bridgehead atoms. The van der Waals surface area contributed by atoms with Crippen LogP contribution in [0.2, 0.25) is 10.3 Å². The first kappa shape index (κ1) is 76.2. The van der Waals surface area contributed by atoms with Crippen molar-refractivity contribution in [1.82, 2.24) is 44.8 Å². The summed E-state index contributed by atoms with van der Waals surface area (Å²) in [5, 5.41) is 17.9. The van der Waals surface area contributed by atoms with Crippen LogP contribution in [-0.2, 0) is 33.8 Å². The Hall–Kier alpha value is -8.25. The molecule has 92 heavy (non-hydrogen) atoms. The number of fused-ring (bicyclic) bond motifs is 1. The number of sulfonamides is 1. The van der Waals surface area contributed by atoms with Gasteiger partial charge >= 0.3 is 19.6 Å².